The van der Waals surface area contributed by atoms with Crippen LogP contribution in [0.2, 0.25) is 1.41 Å². The van der Waals surface area contributed by atoms with Gasteiger partial charge in [0.15, 0.2) is 0 Å². The average Bonchev–Trinajstić information content (AvgIpc) is 1.65. The highest BCUT2D eigenvalue weighted by molar-refractivity contribution is 5.55. The van der Waals surface area contributed by atoms with Gasteiger partial charge in [-0.05, 0) is 6.92 Å². The average molecular weight is 74.1 g/mol. The molecule has 0 unspecified atom stereocenters. The van der Waals surface area contributed by atoms with Crippen LogP contribution in [0.15, 0.2) is 0 Å². The summed E-state index contributed by atoms with van der Waals surface area (Å²) in [4.78, 5) is 9.55. The van der Waals surface area contributed by atoms with Gasteiger partial charge in [-0.2, -0.15) is 0 Å². The smallest absolute Gasteiger partial charge is 0.136 e. The fraction of sp³-hybridized carbons (Fsp3) is 0.667. The largest absolute Gasteiger partial charge is 0.322 e. The molecule has 2 nitrogen and oxygen atoms in total. The van der Waals surface area contributed by atoms with E-state index in [1.165, 1.54) is 0 Å². The van der Waals surface area contributed by atoms with Crippen molar-refractivity contribution in [2.24, 2.45) is 5.73 Å². The fourth-order valence-corrected chi connectivity index (χ4v) is 0. The van der Waals surface area contributed by atoms with Crippen molar-refractivity contribution in [3.05, 3.63) is 0 Å². The highest BCUT2D eigenvalue weighted by atomic mass is 16.1. The lowest BCUT2D eigenvalue weighted by Crippen LogP contribution is -2.15. The van der Waals surface area contributed by atoms with Gasteiger partial charge in [-0.1, -0.05) is 0 Å². The first kappa shape index (κ1) is 2.85. The molecule has 0 aliphatic carbocycles. The summed E-state index contributed by atoms with van der Waals surface area (Å²) >= 11 is 0. The zero-order valence-corrected chi connectivity index (χ0v) is 3.06. The zero-order chi connectivity index (χ0) is 4.99. The molecule has 0 bridgehead atoms. The van der Waals surface area contributed by atoms with Crippen LogP contribution in [-0.2, 0) is 4.79 Å². The Kier molecular flexibility index (Phi) is 1.08. The molecule has 0 aromatic rings. The normalized spacial score (nSPS) is 16.6. The SMILES string of the molecule is [2H]N[C@H](C)C=O. The third-order valence-corrected chi connectivity index (χ3v) is 0.204. The van der Waals surface area contributed by atoms with Gasteiger partial charge in [0.1, 0.15) is 7.70 Å². The minimum atomic E-state index is -0.329. The summed E-state index contributed by atoms with van der Waals surface area (Å²) in [7, 11) is 0. The van der Waals surface area contributed by atoms with Gasteiger partial charge in [0.05, 0.1) is 6.04 Å². The van der Waals surface area contributed by atoms with Crippen molar-refractivity contribution < 1.29 is 6.21 Å². The molecule has 0 radical (unpaired) electrons. The van der Waals surface area contributed by atoms with E-state index in [4.69, 9.17) is 1.41 Å². The second-order valence-corrected chi connectivity index (χ2v) is 0.925. The third kappa shape index (κ3) is 3.63. The number of carbonyl (C=O) groups is 1. The Balaban J connectivity index is 2.96. The van der Waals surface area contributed by atoms with Crippen molar-refractivity contribution >= 4 is 6.29 Å². The van der Waals surface area contributed by atoms with Crippen LogP contribution in [0.25, 0.3) is 0 Å². The number of aldehydes is 1. The Labute approximate surface area is 32.4 Å². The molecular formula is C3H7NO. The van der Waals surface area contributed by atoms with Crippen molar-refractivity contribution in [3.63, 3.8) is 0 Å². The first-order chi connectivity index (χ1) is 2.81. The maximum atomic E-state index is 9.55. The van der Waals surface area contributed by atoms with Gasteiger partial charge >= 0.3 is 0 Å². The van der Waals surface area contributed by atoms with Crippen LogP contribution < -0.4 is 5.73 Å². The van der Waals surface area contributed by atoms with E-state index in [1.807, 2.05) is 5.73 Å². The monoisotopic (exact) mass is 74.1 g/mol. The van der Waals surface area contributed by atoms with Gasteiger partial charge < -0.3 is 10.5 Å². The van der Waals surface area contributed by atoms with Crippen LogP contribution in [0, 0.1) is 0 Å². The Morgan fingerprint density at radius 1 is 2.40 bits per heavy atom. The second-order valence-electron chi connectivity index (χ2n) is 0.925. The summed E-state index contributed by atoms with van der Waals surface area (Å²) in [6.45, 7) is 1.61. The van der Waals surface area contributed by atoms with Crippen molar-refractivity contribution in [2.45, 2.75) is 13.0 Å². The molecule has 0 aliphatic rings. The molecule has 2 heteroatoms. The minimum Gasteiger partial charge on any atom is -0.322 e. The number of hydrogen-bond donors (Lipinski definition) is 1. The van der Waals surface area contributed by atoms with Crippen LogP contribution in [0.5, 0.6) is 0 Å². The Bertz CT molecular complexity index is 48.1. The summed E-state index contributed by atoms with van der Waals surface area (Å²) < 4.78 is 6.33. The van der Waals surface area contributed by atoms with Crippen LogP contribution >= 0.6 is 0 Å². The van der Waals surface area contributed by atoms with Crippen molar-refractivity contribution in [3.8, 4) is 0 Å². The molecule has 0 saturated carbocycles. The molecule has 0 spiro atoms. The van der Waals surface area contributed by atoms with Gasteiger partial charge in [0, 0.05) is 0 Å². The molecule has 0 fully saturated rings. The summed E-state index contributed by atoms with van der Waals surface area (Å²) in [5, 5.41) is 0. The molecule has 5 heavy (non-hydrogen) atoms. The topological polar surface area (TPSA) is 43.1 Å². The van der Waals surface area contributed by atoms with E-state index < -0.39 is 0 Å². The van der Waals surface area contributed by atoms with Crippen molar-refractivity contribution in [2.75, 3.05) is 0 Å². The predicted molar refractivity (Wildman–Crippen MR) is 19.7 cm³/mol. The number of hydrogen-bond acceptors (Lipinski definition) is 2. The number of carbonyl (C=O) groups excluding carboxylic acids is 1. The third-order valence-electron chi connectivity index (χ3n) is 0.204. The van der Waals surface area contributed by atoms with E-state index in [0.717, 1.165) is 0 Å². The Morgan fingerprint density at radius 2 is 3.00 bits per heavy atom. The maximum absolute atomic E-state index is 9.55. The molecule has 0 heterocycles. The van der Waals surface area contributed by atoms with Crippen LogP contribution in [0.1, 0.15) is 6.92 Å². The van der Waals surface area contributed by atoms with Crippen molar-refractivity contribution in [1.29, 1.82) is 0 Å². The summed E-state index contributed by atoms with van der Waals surface area (Å²) in [6.07, 6.45) is 0.674. The fourth-order valence-electron chi connectivity index (χ4n) is 0. The van der Waals surface area contributed by atoms with E-state index in [-0.39, 0.29) is 6.04 Å². The summed E-state index contributed by atoms with van der Waals surface area (Å²) in [5.74, 6) is 0. The first-order valence-corrected chi connectivity index (χ1v) is 1.44. The molecule has 0 rings (SSSR count). The molecule has 1 atom stereocenters. The lowest BCUT2D eigenvalue weighted by molar-refractivity contribution is -0.108. The number of rotatable bonds is 2. The predicted octanol–water partition coefficient (Wildman–Crippen LogP) is -0.468. The minimum absolute atomic E-state index is 0.329. The quantitative estimate of drug-likeness (QED) is 0.450. The van der Waals surface area contributed by atoms with Crippen LogP contribution in [-0.4, -0.2) is 12.3 Å². The molecule has 0 aromatic heterocycles. The van der Waals surface area contributed by atoms with Crippen LogP contribution in [0.3, 0.4) is 0 Å². The van der Waals surface area contributed by atoms with E-state index in [2.05, 4.69) is 0 Å². The lowest BCUT2D eigenvalue weighted by atomic mass is 10.4. The van der Waals surface area contributed by atoms with E-state index >= 15 is 0 Å². The summed E-state index contributed by atoms with van der Waals surface area (Å²) in [5.41, 5.74) is 2.00. The van der Waals surface area contributed by atoms with E-state index in [0.29, 0.717) is 6.29 Å². The van der Waals surface area contributed by atoms with Gasteiger partial charge in [-0.3, -0.25) is 0 Å². The summed E-state index contributed by atoms with van der Waals surface area (Å²) in [6, 6.07) is -0.329. The molecule has 0 aliphatic heterocycles. The van der Waals surface area contributed by atoms with Crippen LogP contribution in [0.4, 0.5) is 0 Å². The molecule has 0 saturated heterocycles. The first-order valence-electron chi connectivity index (χ1n) is 1.94. The zero-order valence-electron chi connectivity index (χ0n) is 4.06. The highest BCUT2D eigenvalue weighted by Crippen LogP contribution is 1.55. The van der Waals surface area contributed by atoms with E-state index in [1.54, 1.807) is 6.92 Å². The Morgan fingerprint density at radius 3 is 3.00 bits per heavy atom. The molecule has 30 valence electrons. The highest BCUT2D eigenvalue weighted by Gasteiger charge is 1.79. The molecular weight excluding hydrogens is 66.0 g/mol. The lowest BCUT2D eigenvalue weighted by Gasteiger charge is -1.80. The van der Waals surface area contributed by atoms with E-state index in [9.17, 15) is 4.79 Å². The van der Waals surface area contributed by atoms with Gasteiger partial charge in [0.25, 0.3) is 0 Å². The standard InChI is InChI=1S/C3H7NO/c1-3(4)2-5/h2-3H,4H2,1H3/t3-/m1/s1/i/hD. The Hall–Kier alpha value is -0.370. The molecule has 0 amide bonds. The van der Waals surface area contributed by atoms with Crippen molar-refractivity contribution in [1.82, 2.24) is 0 Å². The van der Waals surface area contributed by atoms with Gasteiger partial charge in [0.2, 0.25) is 0 Å². The van der Waals surface area contributed by atoms with Gasteiger partial charge in [-0.15, -0.1) is 0 Å². The molecule has 0 aromatic carbocycles. The number of nitrogens with two attached hydrogens (primary N) is 1. The second kappa shape index (κ2) is 1.91. The maximum Gasteiger partial charge on any atom is 0.136 e. The molecule has 2 N–H and O–H groups in total. The van der Waals surface area contributed by atoms with Gasteiger partial charge in [-0.25, -0.2) is 0 Å².